The number of cyclic esters (lactones) is 1. The maximum absolute atomic E-state index is 10.5. The average molecular weight is 130 g/mol. The third-order valence-corrected chi connectivity index (χ3v) is 1.21. The number of hydrogen-bond acceptors (Lipinski definition) is 2. The van der Waals surface area contributed by atoms with Crippen molar-refractivity contribution in [1.82, 2.24) is 4.90 Å². The zero-order valence-corrected chi connectivity index (χ0v) is 5.00. The lowest BCUT2D eigenvalue weighted by atomic mass is 10.5. The molecule has 4 nitrogen and oxygen atoms in total. The minimum Gasteiger partial charge on any atom is -0.448 e. The van der Waals surface area contributed by atoms with E-state index in [-0.39, 0.29) is 19.2 Å². The van der Waals surface area contributed by atoms with Crippen LogP contribution in [0, 0.1) is 0 Å². The molecule has 1 aliphatic rings. The molecule has 0 atom stereocenters. The number of hydrogen-bond donors (Lipinski definition) is 0. The lowest BCUT2D eigenvalue weighted by Gasteiger charge is -2.07. The molecule has 1 aliphatic heterocycles. The van der Waals surface area contributed by atoms with E-state index in [1.807, 2.05) is 0 Å². The minimum atomic E-state index is -0.356. The molecule has 0 aromatic heterocycles. The van der Waals surface area contributed by atoms with Gasteiger partial charge in [0.05, 0.1) is 19.7 Å². The molecule has 1 radical (unpaired) electrons. The summed E-state index contributed by atoms with van der Waals surface area (Å²) >= 11 is 0. The van der Waals surface area contributed by atoms with Crippen LogP contribution in [-0.2, 0) is 9.84 Å². The van der Waals surface area contributed by atoms with Gasteiger partial charge in [-0.05, 0) is 0 Å². The predicted octanol–water partition coefficient (Wildman–Crippen LogP) is -0.131. The summed E-state index contributed by atoms with van der Waals surface area (Å²) in [5.74, 6) is 0. The Morgan fingerprint density at radius 1 is 1.67 bits per heavy atom. The summed E-state index contributed by atoms with van der Waals surface area (Å²) in [5, 5.41) is 9.98. The van der Waals surface area contributed by atoms with Crippen molar-refractivity contribution in [2.45, 2.75) is 0 Å². The first-order chi connectivity index (χ1) is 4.34. The summed E-state index contributed by atoms with van der Waals surface area (Å²) in [4.78, 5) is 11.9. The molecule has 1 rings (SSSR count). The molecule has 0 unspecified atom stereocenters. The van der Waals surface area contributed by atoms with Gasteiger partial charge < -0.3 is 9.64 Å². The van der Waals surface area contributed by atoms with Crippen LogP contribution in [0.5, 0.6) is 0 Å². The number of nitrogens with zero attached hydrogens (tertiary/aromatic N) is 1. The largest absolute Gasteiger partial charge is 0.448 e. The van der Waals surface area contributed by atoms with Crippen LogP contribution in [0.3, 0.4) is 0 Å². The number of amides is 1. The van der Waals surface area contributed by atoms with Crippen LogP contribution in [0.2, 0.25) is 0 Å². The van der Waals surface area contributed by atoms with Crippen LogP contribution in [0.15, 0.2) is 0 Å². The van der Waals surface area contributed by atoms with E-state index in [9.17, 15) is 9.90 Å². The van der Waals surface area contributed by atoms with Crippen molar-refractivity contribution in [3.8, 4) is 0 Å². The molecule has 0 aliphatic carbocycles. The topological polar surface area (TPSA) is 49.4 Å². The normalized spacial score (nSPS) is 18.3. The first-order valence-corrected chi connectivity index (χ1v) is 2.84. The van der Waals surface area contributed by atoms with Gasteiger partial charge in [-0.3, -0.25) is 0 Å². The summed E-state index contributed by atoms with van der Waals surface area (Å²) in [6.07, 6.45) is -0.356. The highest BCUT2D eigenvalue weighted by atomic mass is 16.6. The van der Waals surface area contributed by atoms with E-state index in [2.05, 4.69) is 4.74 Å². The summed E-state index contributed by atoms with van der Waals surface area (Å²) in [7, 11) is 0. The van der Waals surface area contributed by atoms with Crippen LogP contribution in [0.25, 0.3) is 0 Å². The van der Waals surface area contributed by atoms with E-state index in [1.165, 1.54) is 4.90 Å². The van der Waals surface area contributed by atoms with Crippen molar-refractivity contribution in [2.75, 3.05) is 26.3 Å². The zero-order valence-electron chi connectivity index (χ0n) is 5.00. The van der Waals surface area contributed by atoms with Gasteiger partial charge in [0.15, 0.2) is 0 Å². The SMILES string of the molecule is [O]CCN1CCOC1=O. The van der Waals surface area contributed by atoms with Crippen molar-refractivity contribution in [2.24, 2.45) is 0 Å². The van der Waals surface area contributed by atoms with Gasteiger partial charge in [-0.1, -0.05) is 0 Å². The molecule has 1 fully saturated rings. The molecule has 51 valence electrons. The second-order valence-electron chi connectivity index (χ2n) is 1.81. The highest BCUT2D eigenvalue weighted by Gasteiger charge is 2.20. The van der Waals surface area contributed by atoms with Gasteiger partial charge in [-0.25, -0.2) is 9.90 Å². The van der Waals surface area contributed by atoms with Crippen molar-refractivity contribution in [3.63, 3.8) is 0 Å². The molecule has 0 N–H and O–H groups in total. The molecule has 0 aromatic carbocycles. The van der Waals surface area contributed by atoms with E-state index in [1.54, 1.807) is 0 Å². The number of carbonyl (C=O) groups excluding carboxylic acids is 1. The highest BCUT2D eigenvalue weighted by molar-refractivity contribution is 5.69. The van der Waals surface area contributed by atoms with E-state index in [0.29, 0.717) is 13.2 Å². The molecule has 0 bridgehead atoms. The van der Waals surface area contributed by atoms with Gasteiger partial charge in [0, 0.05) is 0 Å². The quantitative estimate of drug-likeness (QED) is 0.522. The Morgan fingerprint density at radius 3 is 2.89 bits per heavy atom. The molecular weight excluding hydrogens is 122 g/mol. The van der Waals surface area contributed by atoms with Crippen molar-refractivity contribution < 1.29 is 14.6 Å². The second-order valence-corrected chi connectivity index (χ2v) is 1.81. The average Bonchev–Trinajstić information content (AvgIpc) is 2.18. The third-order valence-electron chi connectivity index (χ3n) is 1.21. The summed E-state index contributed by atoms with van der Waals surface area (Å²) < 4.78 is 4.57. The first kappa shape index (κ1) is 6.35. The van der Waals surface area contributed by atoms with E-state index >= 15 is 0 Å². The van der Waals surface area contributed by atoms with Crippen molar-refractivity contribution in [1.29, 1.82) is 0 Å². The van der Waals surface area contributed by atoms with Crippen molar-refractivity contribution in [3.05, 3.63) is 0 Å². The fourth-order valence-electron chi connectivity index (χ4n) is 0.739. The maximum atomic E-state index is 10.5. The van der Waals surface area contributed by atoms with Gasteiger partial charge in [0.25, 0.3) is 0 Å². The summed E-state index contributed by atoms with van der Waals surface area (Å²) in [6.45, 7) is 1.04. The minimum absolute atomic E-state index is 0.241. The summed E-state index contributed by atoms with van der Waals surface area (Å²) in [5.41, 5.74) is 0. The van der Waals surface area contributed by atoms with Crippen molar-refractivity contribution >= 4 is 6.09 Å². The molecule has 9 heavy (non-hydrogen) atoms. The Balaban J connectivity index is 2.31. The molecule has 1 amide bonds. The number of rotatable bonds is 2. The molecule has 0 saturated carbocycles. The van der Waals surface area contributed by atoms with Crippen LogP contribution >= 0.6 is 0 Å². The van der Waals surface area contributed by atoms with Crippen LogP contribution in [0.1, 0.15) is 0 Å². The lowest BCUT2D eigenvalue weighted by molar-refractivity contribution is 0.135. The molecule has 0 spiro atoms. The van der Waals surface area contributed by atoms with E-state index in [0.717, 1.165) is 0 Å². The third kappa shape index (κ3) is 1.32. The number of carbonyl (C=O) groups is 1. The van der Waals surface area contributed by atoms with E-state index in [4.69, 9.17) is 0 Å². The standard InChI is InChI=1S/C5H8NO3/c7-3-1-6-2-4-9-5(6)8/h1-4H2. The van der Waals surface area contributed by atoms with Gasteiger partial charge in [0.2, 0.25) is 0 Å². The monoisotopic (exact) mass is 130 g/mol. The molecular formula is C5H8NO3. The van der Waals surface area contributed by atoms with Crippen LogP contribution < -0.4 is 0 Å². The smallest absolute Gasteiger partial charge is 0.410 e. The fourth-order valence-corrected chi connectivity index (χ4v) is 0.739. The highest BCUT2D eigenvalue weighted by Crippen LogP contribution is 2.00. The maximum Gasteiger partial charge on any atom is 0.410 e. The Bertz CT molecular complexity index is 115. The Hall–Kier alpha value is -0.770. The molecule has 1 saturated heterocycles. The second kappa shape index (κ2) is 2.68. The number of ether oxygens (including phenoxy) is 1. The molecule has 0 aromatic rings. The summed E-state index contributed by atoms with van der Waals surface area (Å²) in [6, 6.07) is 0. The van der Waals surface area contributed by atoms with E-state index < -0.39 is 0 Å². The molecule has 1 heterocycles. The van der Waals surface area contributed by atoms with Gasteiger partial charge in [0.1, 0.15) is 6.61 Å². The lowest BCUT2D eigenvalue weighted by Crippen LogP contribution is -2.26. The van der Waals surface area contributed by atoms with Gasteiger partial charge >= 0.3 is 6.09 Å². The Morgan fingerprint density at radius 2 is 2.44 bits per heavy atom. The van der Waals surface area contributed by atoms with Gasteiger partial charge in [-0.2, -0.15) is 0 Å². The van der Waals surface area contributed by atoms with Gasteiger partial charge in [-0.15, -0.1) is 0 Å². The fraction of sp³-hybridized carbons (Fsp3) is 0.800. The Kier molecular flexibility index (Phi) is 1.89. The zero-order chi connectivity index (χ0) is 6.69. The van der Waals surface area contributed by atoms with Crippen LogP contribution in [-0.4, -0.2) is 37.3 Å². The predicted molar refractivity (Wildman–Crippen MR) is 28.5 cm³/mol. The Labute approximate surface area is 53.0 Å². The molecule has 4 heteroatoms. The van der Waals surface area contributed by atoms with Crippen LogP contribution in [0.4, 0.5) is 4.79 Å². The first-order valence-electron chi connectivity index (χ1n) is 2.84.